The molecule has 0 radical (unpaired) electrons. The fourth-order valence-corrected chi connectivity index (χ4v) is 6.79. The number of amides is 1. The Morgan fingerprint density at radius 3 is 2.26 bits per heavy atom. The van der Waals surface area contributed by atoms with E-state index in [1.165, 1.54) is 42.2 Å². The summed E-state index contributed by atoms with van der Waals surface area (Å²) in [6.07, 6.45) is 5.03. The summed E-state index contributed by atoms with van der Waals surface area (Å²) >= 11 is 3.39. The van der Waals surface area contributed by atoms with E-state index in [0.29, 0.717) is 32.5 Å². The number of carbonyl (C=O) groups excluding carboxylic acids is 1. The van der Waals surface area contributed by atoms with E-state index in [-0.39, 0.29) is 17.6 Å². The Hall–Kier alpha value is -1.74. The minimum Gasteiger partial charge on any atom is -0.352 e. The van der Waals surface area contributed by atoms with Crippen molar-refractivity contribution >= 4 is 31.9 Å². The zero-order valence-corrected chi connectivity index (χ0v) is 22.0. The van der Waals surface area contributed by atoms with Gasteiger partial charge in [0.15, 0.2) is 0 Å². The fourth-order valence-electron chi connectivity index (χ4n) is 4.80. The molecule has 2 aliphatic rings. The Balaban J connectivity index is 1.21. The molecule has 1 amide bonds. The van der Waals surface area contributed by atoms with Crippen molar-refractivity contribution in [3.63, 3.8) is 0 Å². The molecule has 2 aromatic carbocycles. The predicted octanol–water partition coefficient (Wildman–Crippen LogP) is 4.29. The number of sulfonamides is 1. The van der Waals surface area contributed by atoms with Crippen LogP contribution in [0.1, 0.15) is 48.8 Å². The van der Waals surface area contributed by atoms with Gasteiger partial charge in [0.2, 0.25) is 15.9 Å². The summed E-state index contributed by atoms with van der Waals surface area (Å²) in [5, 5.41) is 3.05. The molecule has 2 fully saturated rings. The van der Waals surface area contributed by atoms with Gasteiger partial charge in [-0.3, -0.25) is 9.69 Å². The zero-order chi connectivity index (χ0) is 24.0. The van der Waals surface area contributed by atoms with Gasteiger partial charge >= 0.3 is 0 Å². The first kappa shape index (κ1) is 25.4. The minimum absolute atomic E-state index is 0.0152. The molecule has 0 saturated carbocycles. The highest BCUT2D eigenvalue weighted by molar-refractivity contribution is 9.10. The van der Waals surface area contributed by atoms with Crippen LogP contribution in [0.15, 0.2) is 53.0 Å². The molecule has 6 nitrogen and oxygen atoms in total. The second-order valence-electron chi connectivity index (χ2n) is 9.43. The molecule has 184 valence electrons. The maximum absolute atomic E-state index is 12.8. The Kier molecular flexibility index (Phi) is 8.80. The molecule has 34 heavy (non-hydrogen) atoms. The lowest BCUT2D eigenvalue weighted by atomic mass is 9.97. The first-order chi connectivity index (χ1) is 16.4. The van der Waals surface area contributed by atoms with Crippen molar-refractivity contribution in [3.8, 4) is 0 Å². The van der Waals surface area contributed by atoms with Crippen LogP contribution in [0.2, 0.25) is 0 Å². The van der Waals surface area contributed by atoms with Gasteiger partial charge in [0.25, 0.3) is 0 Å². The maximum Gasteiger partial charge on any atom is 0.223 e. The molecule has 0 aromatic heterocycles. The van der Waals surface area contributed by atoms with Crippen LogP contribution in [0.3, 0.4) is 0 Å². The molecule has 0 aliphatic carbocycles. The summed E-state index contributed by atoms with van der Waals surface area (Å²) in [6.45, 7) is 4.64. The van der Waals surface area contributed by atoms with Crippen LogP contribution in [-0.2, 0) is 33.7 Å². The van der Waals surface area contributed by atoms with Crippen molar-refractivity contribution in [3.05, 3.63) is 69.7 Å². The van der Waals surface area contributed by atoms with Crippen LogP contribution in [0.5, 0.6) is 0 Å². The quantitative estimate of drug-likeness (QED) is 0.535. The third-order valence-electron chi connectivity index (χ3n) is 6.80. The van der Waals surface area contributed by atoms with Gasteiger partial charge in [-0.2, -0.15) is 0 Å². The lowest BCUT2D eigenvalue weighted by Gasteiger charge is -2.30. The van der Waals surface area contributed by atoms with Gasteiger partial charge in [0.1, 0.15) is 0 Å². The lowest BCUT2D eigenvalue weighted by molar-refractivity contribution is -0.126. The summed E-state index contributed by atoms with van der Waals surface area (Å²) < 4.78 is 28.0. The topological polar surface area (TPSA) is 69.7 Å². The number of nitrogens with one attached hydrogen (secondary N) is 1. The molecular formula is C26H34BrN3O3S. The molecule has 8 heteroatoms. The van der Waals surface area contributed by atoms with E-state index in [1.54, 1.807) is 0 Å². The monoisotopic (exact) mass is 547 g/mol. The van der Waals surface area contributed by atoms with E-state index in [4.69, 9.17) is 0 Å². The largest absolute Gasteiger partial charge is 0.352 e. The summed E-state index contributed by atoms with van der Waals surface area (Å²) in [4.78, 5) is 15.2. The number of rotatable bonds is 8. The Labute approximate surface area is 211 Å². The normalized spacial score (nSPS) is 18.6. The molecule has 0 unspecified atom stereocenters. The number of halogens is 1. The Morgan fingerprint density at radius 2 is 1.59 bits per heavy atom. The van der Waals surface area contributed by atoms with Crippen molar-refractivity contribution in [2.24, 2.45) is 5.92 Å². The molecule has 2 aromatic rings. The first-order valence-corrected chi connectivity index (χ1v) is 14.6. The second-order valence-corrected chi connectivity index (χ2v) is 12.3. The highest BCUT2D eigenvalue weighted by Gasteiger charge is 2.31. The van der Waals surface area contributed by atoms with E-state index in [0.717, 1.165) is 22.1 Å². The van der Waals surface area contributed by atoms with E-state index in [2.05, 4.69) is 50.4 Å². The maximum atomic E-state index is 12.8. The number of hydrogen-bond acceptors (Lipinski definition) is 4. The minimum atomic E-state index is -3.40. The third kappa shape index (κ3) is 7.13. The highest BCUT2D eigenvalue weighted by Crippen LogP contribution is 2.23. The molecule has 0 spiro atoms. The highest BCUT2D eigenvalue weighted by atomic mass is 79.9. The molecule has 1 N–H and O–H groups in total. The average Bonchev–Trinajstić information content (AvgIpc) is 2.84. The molecule has 2 heterocycles. The first-order valence-electron chi connectivity index (χ1n) is 12.2. The van der Waals surface area contributed by atoms with Crippen molar-refractivity contribution in [2.75, 3.05) is 26.2 Å². The standard InChI is InChI=1S/C26H34BrN3O3S/c27-25-6-4-5-23(17-25)20-34(32,33)30-15-11-24(12-16-30)26(31)28-18-21-7-9-22(10-8-21)19-29-13-2-1-3-14-29/h4-10,17,24H,1-3,11-16,18-20H2,(H,28,31). The molecule has 4 rings (SSSR count). The van der Waals surface area contributed by atoms with Crippen LogP contribution < -0.4 is 5.32 Å². The van der Waals surface area contributed by atoms with Crippen molar-refractivity contribution in [2.45, 2.75) is 50.9 Å². The van der Waals surface area contributed by atoms with Crippen molar-refractivity contribution in [1.82, 2.24) is 14.5 Å². The SMILES string of the molecule is O=C(NCc1ccc(CN2CCCCC2)cc1)C1CCN(S(=O)(=O)Cc2cccc(Br)c2)CC1. The van der Waals surface area contributed by atoms with Gasteiger partial charge in [-0.15, -0.1) is 0 Å². The van der Waals surface area contributed by atoms with Gasteiger partial charge in [-0.25, -0.2) is 12.7 Å². The summed E-state index contributed by atoms with van der Waals surface area (Å²) in [6, 6.07) is 15.9. The number of benzene rings is 2. The van der Waals surface area contributed by atoms with Crippen molar-refractivity contribution in [1.29, 1.82) is 0 Å². The summed E-state index contributed by atoms with van der Waals surface area (Å²) in [5.41, 5.74) is 3.16. The lowest BCUT2D eigenvalue weighted by Crippen LogP contribution is -2.43. The second kappa shape index (κ2) is 11.8. The smallest absolute Gasteiger partial charge is 0.223 e. The number of carbonyl (C=O) groups is 1. The van der Waals surface area contributed by atoms with Crippen LogP contribution in [0.25, 0.3) is 0 Å². The average molecular weight is 549 g/mol. The number of nitrogens with zero attached hydrogens (tertiary/aromatic N) is 2. The molecular weight excluding hydrogens is 514 g/mol. The van der Waals surface area contributed by atoms with Gasteiger partial charge in [-0.1, -0.05) is 58.7 Å². The van der Waals surface area contributed by atoms with Crippen LogP contribution in [0, 0.1) is 5.92 Å². The van der Waals surface area contributed by atoms with Gasteiger partial charge in [0.05, 0.1) is 5.75 Å². The predicted molar refractivity (Wildman–Crippen MR) is 138 cm³/mol. The molecule has 0 atom stereocenters. The summed E-state index contributed by atoms with van der Waals surface area (Å²) in [5.74, 6) is -0.144. The summed E-state index contributed by atoms with van der Waals surface area (Å²) in [7, 11) is -3.40. The molecule has 0 bridgehead atoms. The Morgan fingerprint density at radius 1 is 0.912 bits per heavy atom. The van der Waals surface area contributed by atoms with Crippen LogP contribution >= 0.6 is 15.9 Å². The van der Waals surface area contributed by atoms with E-state index in [9.17, 15) is 13.2 Å². The van der Waals surface area contributed by atoms with Gasteiger partial charge in [-0.05, 0) is 67.6 Å². The van der Waals surface area contributed by atoms with Gasteiger partial charge < -0.3 is 5.32 Å². The zero-order valence-electron chi connectivity index (χ0n) is 19.6. The van der Waals surface area contributed by atoms with Gasteiger partial charge in [0, 0.05) is 36.6 Å². The van der Waals surface area contributed by atoms with E-state index < -0.39 is 10.0 Å². The van der Waals surface area contributed by atoms with E-state index >= 15 is 0 Å². The fraction of sp³-hybridized carbons (Fsp3) is 0.500. The van der Waals surface area contributed by atoms with Crippen molar-refractivity contribution < 1.29 is 13.2 Å². The third-order valence-corrected chi connectivity index (χ3v) is 9.14. The molecule has 2 saturated heterocycles. The number of hydrogen-bond donors (Lipinski definition) is 1. The molecule has 2 aliphatic heterocycles. The van der Waals surface area contributed by atoms with Crippen LogP contribution in [0.4, 0.5) is 0 Å². The van der Waals surface area contributed by atoms with Crippen LogP contribution in [-0.4, -0.2) is 49.7 Å². The number of likely N-dealkylation sites (tertiary alicyclic amines) is 1. The van der Waals surface area contributed by atoms with E-state index in [1.807, 2.05) is 24.3 Å². The number of piperidine rings is 2. The Bertz CT molecular complexity index is 1060.